The number of carbonyl (C=O) groups excluding carboxylic acids is 2. The maximum absolute atomic E-state index is 11.4. The van der Waals surface area contributed by atoms with Gasteiger partial charge in [-0.2, -0.15) is 0 Å². The van der Waals surface area contributed by atoms with Crippen molar-refractivity contribution in [1.29, 1.82) is 0 Å². The molecule has 4 N–H and O–H groups in total. The highest BCUT2D eigenvalue weighted by Gasteiger charge is 2.21. The first-order chi connectivity index (χ1) is 7.13. The van der Waals surface area contributed by atoms with E-state index in [9.17, 15) is 9.59 Å². The van der Waals surface area contributed by atoms with Gasteiger partial charge in [0.2, 0.25) is 11.8 Å². The van der Waals surface area contributed by atoms with E-state index in [0.29, 0.717) is 19.4 Å². The molecule has 1 unspecified atom stereocenters. The SMILES string of the molecule is CCC[C@H](N)C(=O)NCC1CCC(=O)N1. The van der Waals surface area contributed by atoms with Crippen molar-refractivity contribution in [1.82, 2.24) is 10.6 Å². The summed E-state index contributed by atoms with van der Waals surface area (Å²) in [6, 6.07) is -0.345. The third-order valence-electron chi connectivity index (χ3n) is 2.54. The van der Waals surface area contributed by atoms with Crippen LogP contribution in [0.2, 0.25) is 0 Å². The van der Waals surface area contributed by atoms with Crippen molar-refractivity contribution >= 4 is 11.8 Å². The quantitative estimate of drug-likeness (QED) is 0.576. The van der Waals surface area contributed by atoms with Gasteiger partial charge >= 0.3 is 0 Å². The summed E-state index contributed by atoms with van der Waals surface area (Å²) in [4.78, 5) is 22.3. The Morgan fingerprint density at radius 2 is 2.47 bits per heavy atom. The van der Waals surface area contributed by atoms with Crippen LogP contribution < -0.4 is 16.4 Å². The first kappa shape index (κ1) is 12.0. The average molecular weight is 213 g/mol. The van der Waals surface area contributed by atoms with Crippen molar-refractivity contribution in [3.05, 3.63) is 0 Å². The Hall–Kier alpha value is -1.10. The van der Waals surface area contributed by atoms with Crippen molar-refractivity contribution < 1.29 is 9.59 Å². The fourth-order valence-corrected chi connectivity index (χ4v) is 1.63. The molecule has 1 fully saturated rings. The van der Waals surface area contributed by atoms with Gasteiger partial charge in [0.1, 0.15) is 0 Å². The number of carbonyl (C=O) groups is 2. The highest BCUT2D eigenvalue weighted by Crippen LogP contribution is 2.05. The fourth-order valence-electron chi connectivity index (χ4n) is 1.63. The van der Waals surface area contributed by atoms with Gasteiger partial charge in [-0.15, -0.1) is 0 Å². The first-order valence-corrected chi connectivity index (χ1v) is 5.46. The molecule has 5 heteroatoms. The van der Waals surface area contributed by atoms with Gasteiger partial charge in [-0.1, -0.05) is 13.3 Å². The highest BCUT2D eigenvalue weighted by atomic mass is 16.2. The fraction of sp³-hybridized carbons (Fsp3) is 0.800. The van der Waals surface area contributed by atoms with Crippen LogP contribution in [0.25, 0.3) is 0 Å². The number of nitrogens with one attached hydrogen (secondary N) is 2. The molecule has 0 aromatic carbocycles. The second-order valence-electron chi connectivity index (χ2n) is 3.94. The van der Waals surface area contributed by atoms with Gasteiger partial charge < -0.3 is 16.4 Å². The lowest BCUT2D eigenvalue weighted by atomic mass is 10.1. The summed E-state index contributed by atoms with van der Waals surface area (Å²) >= 11 is 0. The minimum atomic E-state index is -0.424. The molecule has 0 spiro atoms. The molecule has 1 aliphatic rings. The third-order valence-corrected chi connectivity index (χ3v) is 2.54. The zero-order chi connectivity index (χ0) is 11.3. The van der Waals surface area contributed by atoms with Crippen molar-refractivity contribution in [2.45, 2.75) is 44.7 Å². The lowest BCUT2D eigenvalue weighted by Gasteiger charge is -2.14. The molecule has 1 aliphatic heterocycles. The number of hydrogen-bond donors (Lipinski definition) is 3. The maximum Gasteiger partial charge on any atom is 0.236 e. The van der Waals surface area contributed by atoms with E-state index in [0.717, 1.165) is 12.8 Å². The van der Waals surface area contributed by atoms with Gasteiger partial charge in [0, 0.05) is 19.0 Å². The van der Waals surface area contributed by atoms with Crippen LogP contribution in [0.1, 0.15) is 32.6 Å². The van der Waals surface area contributed by atoms with E-state index in [2.05, 4.69) is 10.6 Å². The van der Waals surface area contributed by atoms with Crippen LogP contribution in [0.5, 0.6) is 0 Å². The molecule has 0 aromatic heterocycles. The summed E-state index contributed by atoms with van der Waals surface area (Å²) in [6.07, 6.45) is 2.95. The van der Waals surface area contributed by atoms with Crippen molar-refractivity contribution in [2.75, 3.05) is 6.54 Å². The van der Waals surface area contributed by atoms with E-state index in [1.807, 2.05) is 6.92 Å². The summed E-state index contributed by atoms with van der Waals surface area (Å²) in [5.74, 6) is -0.0647. The largest absolute Gasteiger partial charge is 0.353 e. The Bertz CT molecular complexity index is 243. The van der Waals surface area contributed by atoms with E-state index in [1.165, 1.54) is 0 Å². The lowest BCUT2D eigenvalue weighted by molar-refractivity contribution is -0.123. The summed E-state index contributed by atoms with van der Waals surface area (Å²) < 4.78 is 0. The molecule has 2 amide bonds. The number of amides is 2. The van der Waals surface area contributed by atoms with Crippen LogP contribution >= 0.6 is 0 Å². The molecule has 86 valence electrons. The minimum Gasteiger partial charge on any atom is -0.353 e. The minimum absolute atomic E-state index is 0.0621. The number of nitrogens with two attached hydrogens (primary N) is 1. The zero-order valence-electron chi connectivity index (χ0n) is 9.08. The van der Waals surface area contributed by atoms with E-state index in [-0.39, 0.29) is 17.9 Å². The summed E-state index contributed by atoms with van der Waals surface area (Å²) in [6.45, 7) is 2.48. The van der Waals surface area contributed by atoms with Crippen LogP contribution in [0.3, 0.4) is 0 Å². The van der Waals surface area contributed by atoms with Gasteiger partial charge in [-0.3, -0.25) is 9.59 Å². The molecule has 1 rings (SSSR count). The van der Waals surface area contributed by atoms with Crippen LogP contribution in [-0.2, 0) is 9.59 Å². The Morgan fingerprint density at radius 3 is 3.00 bits per heavy atom. The number of rotatable bonds is 5. The second kappa shape index (κ2) is 5.70. The van der Waals surface area contributed by atoms with E-state index in [1.54, 1.807) is 0 Å². The molecular weight excluding hydrogens is 194 g/mol. The van der Waals surface area contributed by atoms with Crippen molar-refractivity contribution in [3.8, 4) is 0 Å². The Balaban J connectivity index is 2.19. The Morgan fingerprint density at radius 1 is 1.73 bits per heavy atom. The molecule has 15 heavy (non-hydrogen) atoms. The predicted octanol–water partition coefficient (Wildman–Crippen LogP) is -0.491. The molecule has 0 bridgehead atoms. The monoisotopic (exact) mass is 213 g/mol. The Kier molecular flexibility index (Phi) is 4.55. The van der Waals surface area contributed by atoms with Crippen molar-refractivity contribution in [3.63, 3.8) is 0 Å². The predicted molar refractivity (Wildman–Crippen MR) is 57.1 cm³/mol. The van der Waals surface area contributed by atoms with Gasteiger partial charge in [0.05, 0.1) is 6.04 Å². The van der Waals surface area contributed by atoms with Gasteiger partial charge in [0.15, 0.2) is 0 Å². The molecule has 2 atom stereocenters. The summed E-state index contributed by atoms with van der Waals surface area (Å²) in [5.41, 5.74) is 5.64. The van der Waals surface area contributed by atoms with E-state index in [4.69, 9.17) is 5.73 Å². The normalized spacial score (nSPS) is 22.3. The van der Waals surface area contributed by atoms with Gasteiger partial charge in [-0.25, -0.2) is 0 Å². The van der Waals surface area contributed by atoms with Gasteiger partial charge in [0.25, 0.3) is 0 Å². The number of hydrogen-bond acceptors (Lipinski definition) is 3. The van der Waals surface area contributed by atoms with Crippen LogP contribution in [0.4, 0.5) is 0 Å². The lowest BCUT2D eigenvalue weighted by Crippen LogP contribution is -2.45. The summed E-state index contributed by atoms with van der Waals surface area (Å²) in [7, 11) is 0. The smallest absolute Gasteiger partial charge is 0.236 e. The standard InChI is InChI=1S/C10H19N3O2/c1-2-3-8(11)10(15)12-6-7-4-5-9(14)13-7/h7-8H,2-6,11H2,1H3,(H,12,15)(H,13,14)/t7?,8-/m0/s1. The molecule has 0 saturated carbocycles. The molecular formula is C10H19N3O2. The van der Waals surface area contributed by atoms with E-state index >= 15 is 0 Å². The van der Waals surface area contributed by atoms with Gasteiger partial charge in [-0.05, 0) is 12.8 Å². The molecule has 0 aliphatic carbocycles. The van der Waals surface area contributed by atoms with Crippen LogP contribution in [-0.4, -0.2) is 30.4 Å². The third kappa shape index (κ3) is 3.87. The maximum atomic E-state index is 11.4. The van der Waals surface area contributed by atoms with Crippen LogP contribution in [0, 0.1) is 0 Å². The molecule has 0 aromatic rings. The Labute approximate surface area is 89.8 Å². The molecule has 0 radical (unpaired) electrons. The van der Waals surface area contributed by atoms with E-state index < -0.39 is 6.04 Å². The molecule has 1 saturated heterocycles. The summed E-state index contributed by atoms with van der Waals surface area (Å²) in [5, 5.41) is 5.54. The first-order valence-electron chi connectivity index (χ1n) is 5.46. The topological polar surface area (TPSA) is 84.2 Å². The average Bonchev–Trinajstić information content (AvgIpc) is 2.61. The molecule has 5 nitrogen and oxygen atoms in total. The second-order valence-corrected chi connectivity index (χ2v) is 3.94. The van der Waals surface area contributed by atoms with Crippen molar-refractivity contribution in [2.24, 2.45) is 5.73 Å². The van der Waals surface area contributed by atoms with Crippen LogP contribution in [0.15, 0.2) is 0 Å². The highest BCUT2D eigenvalue weighted by molar-refractivity contribution is 5.82. The molecule has 1 heterocycles. The zero-order valence-corrected chi connectivity index (χ0v) is 9.08.